The average Bonchev–Trinajstić information content (AvgIpc) is 3.05. The van der Waals surface area contributed by atoms with E-state index in [4.69, 9.17) is 4.74 Å². The van der Waals surface area contributed by atoms with Crippen molar-refractivity contribution in [3.8, 4) is 0 Å². The lowest BCUT2D eigenvalue weighted by atomic mass is 10.1. The number of likely N-dealkylation sites (N-methyl/N-ethyl adjacent to an activating group) is 1. The summed E-state index contributed by atoms with van der Waals surface area (Å²) in [5.74, 6) is -0.0872. The highest BCUT2D eigenvalue weighted by Gasteiger charge is 2.46. The Morgan fingerprint density at radius 3 is 2.81 bits per heavy atom. The Morgan fingerprint density at radius 1 is 1.43 bits per heavy atom. The summed E-state index contributed by atoms with van der Waals surface area (Å²) in [6.07, 6.45) is 2.66. The van der Waals surface area contributed by atoms with Crippen molar-refractivity contribution >= 4 is 15.9 Å². The van der Waals surface area contributed by atoms with Crippen molar-refractivity contribution < 1.29 is 17.9 Å². The van der Waals surface area contributed by atoms with E-state index in [1.165, 1.54) is 16.8 Å². The van der Waals surface area contributed by atoms with Crippen molar-refractivity contribution in [2.24, 2.45) is 7.05 Å². The fourth-order valence-corrected chi connectivity index (χ4v) is 4.33. The predicted octanol–water partition coefficient (Wildman–Crippen LogP) is -0.960. The van der Waals surface area contributed by atoms with Crippen molar-refractivity contribution in [2.45, 2.75) is 24.1 Å². The average molecular weight is 314 g/mol. The summed E-state index contributed by atoms with van der Waals surface area (Å²) >= 11 is 0. The minimum atomic E-state index is -3.64. The summed E-state index contributed by atoms with van der Waals surface area (Å²) in [6.45, 7) is 2.97. The van der Waals surface area contributed by atoms with Crippen molar-refractivity contribution in [3.63, 3.8) is 0 Å². The molecule has 0 aliphatic carbocycles. The highest BCUT2D eigenvalue weighted by molar-refractivity contribution is 7.89. The molecule has 8 nitrogen and oxygen atoms in total. The van der Waals surface area contributed by atoms with E-state index >= 15 is 0 Å². The van der Waals surface area contributed by atoms with Gasteiger partial charge in [-0.05, 0) is 6.92 Å². The van der Waals surface area contributed by atoms with Crippen LogP contribution in [0.15, 0.2) is 17.6 Å². The summed E-state index contributed by atoms with van der Waals surface area (Å²) in [6, 6.07) is -0.213. The molecule has 2 saturated heterocycles. The highest BCUT2D eigenvalue weighted by Crippen LogP contribution is 2.27. The molecule has 2 atom stereocenters. The first-order valence-corrected chi connectivity index (χ1v) is 8.26. The molecular weight excluding hydrogens is 296 g/mol. The first-order valence-electron chi connectivity index (χ1n) is 6.82. The van der Waals surface area contributed by atoms with Crippen LogP contribution in [0.5, 0.6) is 0 Å². The molecule has 0 aromatic carbocycles. The number of morpholine rings is 1. The number of carbonyl (C=O) groups excluding carboxylic acids is 1. The molecule has 0 radical (unpaired) electrons. The van der Waals surface area contributed by atoms with Gasteiger partial charge in [-0.1, -0.05) is 0 Å². The Hall–Kier alpha value is -1.45. The van der Waals surface area contributed by atoms with Crippen LogP contribution in [0.3, 0.4) is 0 Å². The number of sulfonamides is 1. The van der Waals surface area contributed by atoms with E-state index in [0.29, 0.717) is 6.54 Å². The maximum absolute atomic E-state index is 12.6. The van der Waals surface area contributed by atoms with Gasteiger partial charge < -0.3 is 14.2 Å². The molecule has 9 heteroatoms. The zero-order chi connectivity index (χ0) is 15.2. The largest absolute Gasteiger partial charge is 0.365 e. The van der Waals surface area contributed by atoms with Gasteiger partial charge in [-0.25, -0.2) is 13.4 Å². The fraction of sp³-hybridized carbons (Fsp3) is 0.667. The normalized spacial score (nSPS) is 27.1. The molecule has 2 fully saturated rings. The van der Waals surface area contributed by atoms with Gasteiger partial charge in [-0.2, -0.15) is 4.31 Å². The number of fused-ring (bicyclic) bond motifs is 1. The van der Waals surface area contributed by atoms with Crippen LogP contribution in [0.25, 0.3) is 0 Å². The molecule has 3 rings (SSSR count). The topological polar surface area (TPSA) is 84.7 Å². The number of rotatable bonds is 3. The smallest absolute Gasteiger partial charge is 0.262 e. The van der Waals surface area contributed by atoms with Gasteiger partial charge in [0.2, 0.25) is 5.91 Å². The van der Waals surface area contributed by atoms with Crippen LogP contribution in [-0.4, -0.2) is 71.5 Å². The van der Waals surface area contributed by atoms with E-state index in [1.807, 2.05) is 6.92 Å². The Bertz CT molecular complexity index is 656. The molecule has 1 amide bonds. The SMILES string of the molecule is CCN1C(=O)CO[C@@H]2CN(S(=O)(=O)c3cn(C)cn3)C[C@H]21. The molecule has 116 valence electrons. The molecular formula is C12H18N4O4S. The number of aryl methyl sites for hydroxylation is 1. The van der Waals surface area contributed by atoms with Crippen molar-refractivity contribution in [1.29, 1.82) is 0 Å². The van der Waals surface area contributed by atoms with Crippen LogP contribution in [0.4, 0.5) is 0 Å². The molecule has 0 N–H and O–H groups in total. The number of amides is 1. The Labute approximate surface area is 123 Å². The van der Waals surface area contributed by atoms with Gasteiger partial charge in [0.15, 0.2) is 5.03 Å². The van der Waals surface area contributed by atoms with Crippen molar-refractivity contribution in [3.05, 3.63) is 12.5 Å². The molecule has 2 aliphatic heterocycles. The van der Waals surface area contributed by atoms with Crippen LogP contribution in [-0.2, 0) is 26.6 Å². The zero-order valence-corrected chi connectivity index (χ0v) is 12.8. The van der Waals surface area contributed by atoms with Gasteiger partial charge in [-0.15, -0.1) is 0 Å². The first kappa shape index (κ1) is 14.5. The summed E-state index contributed by atoms with van der Waals surface area (Å²) in [4.78, 5) is 17.4. The third-order valence-electron chi connectivity index (χ3n) is 3.97. The van der Waals surface area contributed by atoms with Crippen molar-refractivity contribution in [2.75, 3.05) is 26.2 Å². The molecule has 21 heavy (non-hydrogen) atoms. The van der Waals surface area contributed by atoms with E-state index < -0.39 is 10.0 Å². The third-order valence-corrected chi connectivity index (χ3v) is 5.69. The van der Waals surface area contributed by atoms with Gasteiger partial charge in [0.05, 0.1) is 18.5 Å². The lowest BCUT2D eigenvalue weighted by molar-refractivity contribution is -0.152. The number of aromatic nitrogens is 2. The second-order valence-corrected chi connectivity index (χ2v) is 7.18. The Morgan fingerprint density at radius 2 is 2.19 bits per heavy atom. The number of hydrogen-bond acceptors (Lipinski definition) is 5. The highest BCUT2D eigenvalue weighted by atomic mass is 32.2. The number of carbonyl (C=O) groups is 1. The number of imidazole rings is 1. The maximum Gasteiger partial charge on any atom is 0.262 e. The molecule has 3 heterocycles. The molecule has 0 bridgehead atoms. The van der Waals surface area contributed by atoms with Crippen molar-refractivity contribution in [1.82, 2.24) is 18.8 Å². The van der Waals surface area contributed by atoms with Crippen LogP contribution in [0, 0.1) is 0 Å². The Balaban J connectivity index is 1.85. The minimum Gasteiger partial charge on any atom is -0.365 e. The molecule has 1 aromatic heterocycles. The van der Waals surface area contributed by atoms with Crippen LogP contribution in [0.2, 0.25) is 0 Å². The summed E-state index contributed by atoms with van der Waals surface area (Å²) in [7, 11) is -1.92. The van der Waals surface area contributed by atoms with Crippen LogP contribution in [0.1, 0.15) is 6.92 Å². The van der Waals surface area contributed by atoms with Gasteiger partial charge in [0, 0.05) is 32.9 Å². The first-order chi connectivity index (χ1) is 9.93. The van der Waals surface area contributed by atoms with E-state index in [9.17, 15) is 13.2 Å². The summed E-state index contributed by atoms with van der Waals surface area (Å²) in [5.41, 5.74) is 0. The molecule has 0 unspecified atom stereocenters. The maximum atomic E-state index is 12.6. The minimum absolute atomic E-state index is 0.0203. The van der Waals surface area contributed by atoms with E-state index in [0.717, 1.165) is 0 Å². The van der Waals surface area contributed by atoms with Crippen LogP contribution >= 0.6 is 0 Å². The molecule has 1 aromatic rings. The monoisotopic (exact) mass is 314 g/mol. The molecule has 2 aliphatic rings. The quantitative estimate of drug-likeness (QED) is 0.717. The summed E-state index contributed by atoms with van der Waals surface area (Å²) in [5, 5.41) is 0.0259. The number of nitrogens with zero attached hydrogens (tertiary/aromatic N) is 4. The van der Waals surface area contributed by atoms with E-state index in [-0.39, 0.29) is 42.8 Å². The van der Waals surface area contributed by atoms with E-state index in [1.54, 1.807) is 16.5 Å². The zero-order valence-electron chi connectivity index (χ0n) is 12.0. The Kier molecular flexibility index (Phi) is 3.50. The lowest BCUT2D eigenvalue weighted by Crippen LogP contribution is -2.53. The van der Waals surface area contributed by atoms with Gasteiger partial charge in [-0.3, -0.25) is 4.79 Å². The van der Waals surface area contributed by atoms with Crippen LogP contribution < -0.4 is 0 Å². The standard InChI is InChI=1S/C12H18N4O4S/c1-3-16-9-4-15(5-10(9)20-7-12(16)17)21(18,19)11-6-14(2)8-13-11/h6,8-10H,3-5,7H2,1-2H3/t9-,10-/m1/s1. The number of hydrogen-bond donors (Lipinski definition) is 0. The second-order valence-electron chi connectivity index (χ2n) is 5.30. The molecule has 0 spiro atoms. The summed E-state index contributed by atoms with van der Waals surface area (Å²) < 4.78 is 33.6. The number of ether oxygens (including phenoxy) is 1. The lowest BCUT2D eigenvalue weighted by Gasteiger charge is -2.35. The third kappa shape index (κ3) is 2.34. The second kappa shape index (κ2) is 5.08. The van der Waals surface area contributed by atoms with Gasteiger partial charge in [0.1, 0.15) is 6.61 Å². The predicted molar refractivity (Wildman–Crippen MR) is 72.9 cm³/mol. The van der Waals surface area contributed by atoms with E-state index in [2.05, 4.69) is 4.98 Å². The fourth-order valence-electron chi connectivity index (χ4n) is 2.89. The molecule has 0 saturated carbocycles. The van der Waals surface area contributed by atoms with Gasteiger partial charge in [0.25, 0.3) is 10.0 Å². The van der Waals surface area contributed by atoms with Gasteiger partial charge >= 0.3 is 0 Å².